The molecule has 3 N–H and O–H groups in total. The van der Waals surface area contributed by atoms with E-state index in [4.69, 9.17) is 0 Å². The van der Waals surface area contributed by atoms with Gasteiger partial charge in [-0.3, -0.25) is 10.2 Å². The average Bonchev–Trinajstić information content (AvgIpc) is 3.07. The molecule has 3 rings (SSSR count). The fourth-order valence-corrected chi connectivity index (χ4v) is 3.26. The van der Waals surface area contributed by atoms with Gasteiger partial charge in [0, 0.05) is 11.4 Å². The van der Waals surface area contributed by atoms with Crippen LogP contribution in [0.5, 0.6) is 0 Å². The molecule has 1 aliphatic heterocycles. The summed E-state index contributed by atoms with van der Waals surface area (Å²) in [5.41, 5.74) is 8.33. The minimum absolute atomic E-state index is 0.00453. The van der Waals surface area contributed by atoms with Crippen LogP contribution in [-0.2, 0) is 4.79 Å². The van der Waals surface area contributed by atoms with Gasteiger partial charge in [0.25, 0.3) is 0 Å². The topological polar surface area (TPSA) is 66.0 Å². The van der Waals surface area contributed by atoms with Gasteiger partial charge in [-0.25, -0.2) is 10.4 Å². The highest BCUT2D eigenvalue weighted by atomic mass is 32.1. The Hall–Kier alpha value is -1.76. The predicted octanol–water partition coefficient (Wildman–Crippen LogP) is 2.16. The first-order chi connectivity index (χ1) is 10.1. The van der Waals surface area contributed by atoms with Crippen molar-refractivity contribution in [2.24, 2.45) is 5.92 Å². The van der Waals surface area contributed by atoms with Crippen molar-refractivity contribution in [2.75, 3.05) is 11.9 Å². The summed E-state index contributed by atoms with van der Waals surface area (Å²) < 4.78 is 0. The number of hydrogen-bond donors (Lipinski definition) is 3. The Labute approximate surface area is 127 Å². The van der Waals surface area contributed by atoms with Crippen LogP contribution in [0.15, 0.2) is 30.3 Å². The molecule has 2 heterocycles. The maximum absolute atomic E-state index is 12.5. The number of carbonyl (C=O) groups is 1. The van der Waals surface area contributed by atoms with Gasteiger partial charge >= 0.3 is 0 Å². The minimum Gasteiger partial charge on any atom is -0.302 e. The van der Waals surface area contributed by atoms with Crippen LogP contribution in [0, 0.1) is 19.8 Å². The molecule has 1 fully saturated rings. The molecule has 0 aliphatic carbocycles. The Morgan fingerprint density at radius 3 is 2.76 bits per heavy atom. The van der Waals surface area contributed by atoms with Crippen LogP contribution in [0.25, 0.3) is 0 Å². The molecule has 6 heteroatoms. The average molecular weight is 302 g/mol. The van der Waals surface area contributed by atoms with Gasteiger partial charge in [-0.15, -0.1) is 11.3 Å². The Kier molecular flexibility index (Phi) is 4.01. The van der Waals surface area contributed by atoms with E-state index in [9.17, 15) is 4.79 Å². The van der Waals surface area contributed by atoms with E-state index in [-0.39, 0.29) is 17.9 Å². The van der Waals surface area contributed by atoms with E-state index >= 15 is 0 Å². The first-order valence-electron chi connectivity index (χ1n) is 6.93. The molecule has 1 aromatic heterocycles. The maximum atomic E-state index is 12.5. The quantitative estimate of drug-likeness (QED) is 0.813. The van der Waals surface area contributed by atoms with Crippen molar-refractivity contribution in [3.8, 4) is 0 Å². The van der Waals surface area contributed by atoms with Crippen LogP contribution in [-0.4, -0.2) is 17.4 Å². The molecule has 0 saturated carbocycles. The molecule has 110 valence electrons. The monoisotopic (exact) mass is 302 g/mol. The number of nitrogens with one attached hydrogen (secondary N) is 3. The first kappa shape index (κ1) is 14.2. The van der Waals surface area contributed by atoms with E-state index in [2.05, 4.69) is 21.2 Å². The number of benzene rings is 1. The Balaban J connectivity index is 1.74. The van der Waals surface area contributed by atoms with Crippen molar-refractivity contribution in [1.29, 1.82) is 0 Å². The number of anilines is 1. The third kappa shape index (κ3) is 2.97. The van der Waals surface area contributed by atoms with E-state index in [1.165, 1.54) is 11.3 Å². The minimum atomic E-state index is -0.156. The van der Waals surface area contributed by atoms with E-state index < -0.39 is 0 Å². The van der Waals surface area contributed by atoms with Crippen LogP contribution in [0.4, 0.5) is 5.13 Å². The lowest BCUT2D eigenvalue weighted by atomic mass is 9.94. The number of nitrogens with zero attached hydrogens (tertiary/aromatic N) is 1. The number of hydrogen-bond acceptors (Lipinski definition) is 5. The number of carbonyl (C=O) groups excluding carboxylic acids is 1. The summed E-state index contributed by atoms with van der Waals surface area (Å²) in [6, 6.07) is 9.98. The fourth-order valence-electron chi connectivity index (χ4n) is 2.44. The second-order valence-electron chi connectivity index (χ2n) is 5.17. The van der Waals surface area contributed by atoms with Gasteiger partial charge in [-0.05, 0) is 19.4 Å². The standard InChI is InChI=1S/C15H18N4OS/c1-9-10(2)21-15(17-9)18-14(20)12-8-16-19-13(12)11-6-4-3-5-7-11/h3-7,12-13,16,19H,8H2,1-2H3,(H,17,18,20). The van der Waals surface area contributed by atoms with E-state index in [1.807, 2.05) is 44.2 Å². The van der Waals surface area contributed by atoms with Crippen LogP contribution in [0.1, 0.15) is 22.2 Å². The highest BCUT2D eigenvalue weighted by Gasteiger charge is 2.34. The third-order valence-corrected chi connectivity index (χ3v) is 4.72. The second kappa shape index (κ2) is 5.93. The predicted molar refractivity (Wildman–Crippen MR) is 84.0 cm³/mol. The number of aromatic nitrogens is 1. The largest absolute Gasteiger partial charge is 0.302 e. The molecule has 1 aromatic carbocycles. The normalized spacial score (nSPS) is 21.4. The summed E-state index contributed by atoms with van der Waals surface area (Å²) in [6.45, 7) is 4.57. The van der Waals surface area contributed by atoms with Crippen LogP contribution >= 0.6 is 11.3 Å². The molecule has 1 aliphatic rings. The first-order valence-corrected chi connectivity index (χ1v) is 7.75. The number of thiazole rings is 1. The summed E-state index contributed by atoms with van der Waals surface area (Å²) in [6.07, 6.45) is 0. The van der Waals surface area contributed by atoms with Gasteiger partial charge < -0.3 is 5.32 Å². The lowest BCUT2D eigenvalue weighted by molar-refractivity contribution is -0.119. The van der Waals surface area contributed by atoms with Crippen molar-refractivity contribution >= 4 is 22.4 Å². The number of amides is 1. The molecule has 0 bridgehead atoms. The van der Waals surface area contributed by atoms with Crippen LogP contribution < -0.4 is 16.2 Å². The smallest absolute Gasteiger partial charge is 0.232 e. The van der Waals surface area contributed by atoms with Crippen LogP contribution in [0.3, 0.4) is 0 Å². The molecule has 5 nitrogen and oxygen atoms in total. The van der Waals surface area contributed by atoms with E-state index in [1.54, 1.807) is 0 Å². The molecule has 1 amide bonds. The summed E-state index contributed by atoms with van der Waals surface area (Å²) in [7, 11) is 0. The highest BCUT2D eigenvalue weighted by Crippen LogP contribution is 2.27. The van der Waals surface area contributed by atoms with Gasteiger partial charge in [-0.2, -0.15) is 0 Å². The summed E-state index contributed by atoms with van der Waals surface area (Å²) >= 11 is 1.51. The Morgan fingerprint density at radius 1 is 1.33 bits per heavy atom. The van der Waals surface area contributed by atoms with Crippen molar-refractivity contribution in [3.63, 3.8) is 0 Å². The third-order valence-electron chi connectivity index (χ3n) is 3.74. The Bertz CT molecular complexity index is 621. The SMILES string of the molecule is Cc1nc(NC(=O)C2CNNC2c2ccccc2)sc1C. The lowest BCUT2D eigenvalue weighted by Crippen LogP contribution is -2.29. The maximum Gasteiger partial charge on any atom is 0.232 e. The number of hydrazine groups is 1. The molecule has 0 spiro atoms. The van der Waals surface area contributed by atoms with E-state index in [0.29, 0.717) is 11.7 Å². The van der Waals surface area contributed by atoms with Crippen molar-refractivity contribution in [3.05, 3.63) is 46.5 Å². The Morgan fingerprint density at radius 2 is 2.10 bits per heavy atom. The lowest BCUT2D eigenvalue weighted by Gasteiger charge is -2.17. The molecule has 2 atom stereocenters. The van der Waals surface area contributed by atoms with Gasteiger partial charge in [-0.1, -0.05) is 30.3 Å². The molecule has 21 heavy (non-hydrogen) atoms. The van der Waals surface area contributed by atoms with Crippen molar-refractivity contribution in [2.45, 2.75) is 19.9 Å². The van der Waals surface area contributed by atoms with Crippen molar-refractivity contribution < 1.29 is 4.79 Å². The second-order valence-corrected chi connectivity index (χ2v) is 6.37. The zero-order chi connectivity index (χ0) is 14.8. The summed E-state index contributed by atoms with van der Waals surface area (Å²) in [5, 5.41) is 3.61. The number of aryl methyl sites for hydroxylation is 2. The number of rotatable bonds is 3. The van der Waals surface area contributed by atoms with Crippen molar-refractivity contribution in [1.82, 2.24) is 15.8 Å². The van der Waals surface area contributed by atoms with Gasteiger partial charge in [0.05, 0.1) is 17.7 Å². The zero-order valence-corrected chi connectivity index (χ0v) is 12.8. The molecule has 0 radical (unpaired) electrons. The highest BCUT2D eigenvalue weighted by molar-refractivity contribution is 7.15. The van der Waals surface area contributed by atoms with Gasteiger partial charge in [0.1, 0.15) is 0 Å². The fraction of sp³-hybridized carbons (Fsp3) is 0.333. The molecule has 1 saturated heterocycles. The molecular weight excluding hydrogens is 284 g/mol. The summed E-state index contributed by atoms with van der Waals surface area (Å²) in [4.78, 5) is 18.0. The molecule has 2 unspecified atom stereocenters. The molecule has 2 aromatic rings. The van der Waals surface area contributed by atoms with Crippen LogP contribution in [0.2, 0.25) is 0 Å². The molecular formula is C15H18N4OS. The van der Waals surface area contributed by atoms with Gasteiger partial charge in [0.15, 0.2) is 5.13 Å². The zero-order valence-electron chi connectivity index (χ0n) is 12.0. The summed E-state index contributed by atoms with van der Waals surface area (Å²) in [5.74, 6) is -0.160. The van der Waals surface area contributed by atoms with Gasteiger partial charge in [0.2, 0.25) is 5.91 Å². The van der Waals surface area contributed by atoms with E-state index in [0.717, 1.165) is 16.1 Å².